The maximum absolute atomic E-state index is 12.2. The van der Waals surface area contributed by atoms with Gasteiger partial charge in [0.05, 0.1) is 7.11 Å². The van der Waals surface area contributed by atoms with Gasteiger partial charge in [-0.1, -0.05) is 5.46 Å². The normalized spacial score (nSPS) is 11.4. The van der Waals surface area contributed by atoms with Crippen LogP contribution in [0.5, 0.6) is 0 Å². The molecule has 0 amide bonds. The van der Waals surface area contributed by atoms with E-state index in [1.165, 1.54) is 23.9 Å². The molecule has 0 saturated carbocycles. The van der Waals surface area contributed by atoms with Gasteiger partial charge in [0.15, 0.2) is 5.69 Å². The summed E-state index contributed by atoms with van der Waals surface area (Å²) in [5, 5.41) is 0.563. The first-order valence-electron chi connectivity index (χ1n) is 6.32. The van der Waals surface area contributed by atoms with Crippen molar-refractivity contribution in [2.75, 3.05) is 7.11 Å². The molecule has 2 aromatic heterocycles. The average molecular weight is 286 g/mol. The van der Waals surface area contributed by atoms with Gasteiger partial charge >= 0.3 is 12.1 Å². The lowest BCUT2D eigenvalue weighted by Gasteiger charge is -2.19. The van der Waals surface area contributed by atoms with Crippen LogP contribution in [0.3, 0.4) is 0 Å². The number of fused-ring (bicyclic) bond motifs is 1. The van der Waals surface area contributed by atoms with E-state index in [0.717, 1.165) is 0 Å². The minimum absolute atomic E-state index is 0.0907. The Morgan fingerprint density at radius 1 is 1.29 bits per heavy atom. The molecular formula is C14H15BN2O4. The van der Waals surface area contributed by atoms with Gasteiger partial charge in [0.25, 0.3) is 0 Å². The van der Waals surface area contributed by atoms with Gasteiger partial charge in [0.1, 0.15) is 19.1 Å². The van der Waals surface area contributed by atoms with Crippen LogP contribution >= 0.6 is 0 Å². The van der Waals surface area contributed by atoms with Crippen molar-refractivity contribution in [2.24, 2.45) is 0 Å². The molecule has 0 aliphatic rings. The van der Waals surface area contributed by atoms with Crippen LogP contribution in [0, 0.1) is 0 Å². The highest BCUT2D eigenvalue weighted by atomic mass is 16.6. The smallest absolute Gasteiger partial charge is 0.420 e. The minimum Gasteiger partial charge on any atom is -0.464 e. The van der Waals surface area contributed by atoms with E-state index in [1.54, 1.807) is 26.8 Å². The Labute approximate surface area is 123 Å². The summed E-state index contributed by atoms with van der Waals surface area (Å²) in [6.07, 6.45) is 0.811. The Morgan fingerprint density at radius 2 is 1.95 bits per heavy atom. The second-order valence-corrected chi connectivity index (χ2v) is 5.49. The third kappa shape index (κ3) is 3.07. The number of hydrogen-bond donors (Lipinski definition) is 0. The Morgan fingerprint density at radius 3 is 2.52 bits per heavy atom. The van der Waals surface area contributed by atoms with E-state index in [2.05, 4.69) is 9.72 Å². The second-order valence-electron chi connectivity index (χ2n) is 5.49. The molecule has 21 heavy (non-hydrogen) atoms. The zero-order valence-electron chi connectivity index (χ0n) is 12.3. The van der Waals surface area contributed by atoms with Crippen LogP contribution in [0.1, 0.15) is 31.3 Å². The Bertz CT molecular complexity index is 716. The highest BCUT2D eigenvalue weighted by molar-refractivity contribution is 6.39. The molecule has 7 heteroatoms. The van der Waals surface area contributed by atoms with Crippen molar-refractivity contribution in [3.05, 3.63) is 24.0 Å². The molecule has 2 aromatic rings. The van der Waals surface area contributed by atoms with E-state index < -0.39 is 17.7 Å². The Balaban J connectivity index is 2.53. The molecule has 2 radical (unpaired) electrons. The number of methoxy groups -OCH3 is 1. The van der Waals surface area contributed by atoms with Crippen LogP contribution < -0.4 is 5.46 Å². The van der Waals surface area contributed by atoms with Gasteiger partial charge in [-0.2, -0.15) is 0 Å². The van der Waals surface area contributed by atoms with Crippen LogP contribution in [0.15, 0.2) is 18.3 Å². The van der Waals surface area contributed by atoms with Crippen LogP contribution in [0.25, 0.3) is 11.0 Å². The Kier molecular flexibility index (Phi) is 3.76. The van der Waals surface area contributed by atoms with Gasteiger partial charge in [0.2, 0.25) is 0 Å². The molecule has 0 aliphatic carbocycles. The fourth-order valence-electron chi connectivity index (χ4n) is 1.80. The largest absolute Gasteiger partial charge is 0.464 e. The lowest BCUT2D eigenvalue weighted by Crippen LogP contribution is -2.27. The van der Waals surface area contributed by atoms with Gasteiger partial charge in [-0.3, -0.25) is 0 Å². The van der Waals surface area contributed by atoms with Gasteiger partial charge in [-0.25, -0.2) is 19.1 Å². The SMILES string of the molecule is [B]c1cn(C(=O)OC(C)(C)C)c2nc(C(=O)OC)ccc12. The molecule has 2 heterocycles. The average Bonchev–Trinajstić information content (AvgIpc) is 2.73. The minimum atomic E-state index is -0.650. The molecule has 108 valence electrons. The number of nitrogens with zero attached hydrogens (tertiary/aromatic N) is 2. The van der Waals surface area contributed by atoms with Gasteiger partial charge in [-0.05, 0) is 32.9 Å². The summed E-state index contributed by atoms with van der Waals surface area (Å²) in [6.45, 7) is 5.27. The maximum Gasteiger partial charge on any atom is 0.420 e. The molecule has 2 rings (SSSR count). The summed E-state index contributed by atoms with van der Waals surface area (Å²) >= 11 is 0. The molecule has 0 unspecified atom stereocenters. The molecular weight excluding hydrogens is 271 g/mol. The van der Waals surface area contributed by atoms with Crippen molar-refractivity contribution in [3.8, 4) is 0 Å². The second kappa shape index (κ2) is 5.23. The number of esters is 1. The van der Waals surface area contributed by atoms with Crippen LogP contribution in [-0.4, -0.2) is 42.2 Å². The summed E-state index contributed by atoms with van der Waals surface area (Å²) in [4.78, 5) is 27.8. The lowest BCUT2D eigenvalue weighted by atomic mass is 9.97. The summed E-state index contributed by atoms with van der Waals surface area (Å²) in [5.74, 6) is -0.590. The number of hydrogen-bond acceptors (Lipinski definition) is 5. The highest BCUT2D eigenvalue weighted by Crippen LogP contribution is 2.15. The molecule has 0 aliphatic heterocycles. The van der Waals surface area contributed by atoms with Gasteiger partial charge in [-0.15, -0.1) is 0 Å². The molecule has 0 saturated heterocycles. The summed E-state index contributed by atoms with van der Waals surface area (Å²) in [7, 11) is 7.11. The van der Waals surface area contributed by atoms with Crippen LogP contribution in [0.2, 0.25) is 0 Å². The first-order valence-corrected chi connectivity index (χ1v) is 6.32. The fraction of sp³-hybridized carbons (Fsp3) is 0.357. The number of aromatic nitrogens is 2. The van der Waals surface area contributed by atoms with E-state index in [-0.39, 0.29) is 11.3 Å². The maximum atomic E-state index is 12.2. The number of rotatable bonds is 1. The zero-order valence-corrected chi connectivity index (χ0v) is 12.3. The quantitative estimate of drug-likeness (QED) is 0.585. The molecule has 0 fully saturated rings. The predicted molar refractivity (Wildman–Crippen MR) is 78.1 cm³/mol. The molecule has 0 atom stereocenters. The first kappa shape index (κ1) is 15.1. The van der Waals surface area contributed by atoms with E-state index in [1.807, 2.05) is 0 Å². The van der Waals surface area contributed by atoms with Crippen molar-refractivity contribution in [2.45, 2.75) is 26.4 Å². The number of ether oxygens (including phenoxy) is 2. The van der Waals surface area contributed by atoms with E-state index in [9.17, 15) is 9.59 Å². The van der Waals surface area contributed by atoms with Gasteiger partial charge < -0.3 is 9.47 Å². The standard InChI is InChI=1S/C14H15BN2O4/c1-14(2,3)21-13(19)17-7-9(15)8-5-6-10(12(18)20-4)16-11(8)17/h5-7H,1-4H3. The van der Waals surface area contributed by atoms with E-state index >= 15 is 0 Å². The van der Waals surface area contributed by atoms with Crippen molar-refractivity contribution in [1.29, 1.82) is 0 Å². The van der Waals surface area contributed by atoms with Crippen molar-refractivity contribution in [1.82, 2.24) is 9.55 Å². The zero-order chi connectivity index (χ0) is 15.8. The summed E-state index contributed by atoms with van der Waals surface area (Å²) in [5.41, 5.74) is 0.0694. The molecule has 0 aromatic carbocycles. The number of pyridine rings is 1. The van der Waals surface area contributed by atoms with E-state index in [0.29, 0.717) is 10.8 Å². The number of carbonyl (C=O) groups is 2. The van der Waals surface area contributed by atoms with Crippen molar-refractivity contribution < 1.29 is 19.1 Å². The molecule has 0 N–H and O–H groups in total. The lowest BCUT2D eigenvalue weighted by molar-refractivity contribution is 0.0539. The fourth-order valence-corrected chi connectivity index (χ4v) is 1.80. The summed E-state index contributed by atoms with van der Waals surface area (Å²) < 4.78 is 11.1. The molecule has 6 nitrogen and oxygen atoms in total. The third-order valence-corrected chi connectivity index (χ3v) is 2.67. The Hall–Kier alpha value is -2.31. The van der Waals surface area contributed by atoms with Gasteiger partial charge in [0, 0.05) is 11.6 Å². The van der Waals surface area contributed by atoms with Crippen molar-refractivity contribution in [3.63, 3.8) is 0 Å². The highest BCUT2D eigenvalue weighted by Gasteiger charge is 2.21. The van der Waals surface area contributed by atoms with E-state index in [4.69, 9.17) is 12.6 Å². The first-order chi connectivity index (χ1) is 9.73. The molecule has 0 spiro atoms. The predicted octanol–water partition coefficient (Wildman–Crippen LogP) is 1.40. The topological polar surface area (TPSA) is 70.4 Å². The third-order valence-electron chi connectivity index (χ3n) is 2.67. The van der Waals surface area contributed by atoms with Crippen LogP contribution in [-0.2, 0) is 9.47 Å². The summed E-state index contributed by atoms with van der Waals surface area (Å²) in [6, 6.07) is 3.11. The monoisotopic (exact) mass is 286 g/mol. The number of carbonyl (C=O) groups excluding carboxylic acids is 2. The van der Waals surface area contributed by atoms with Crippen LogP contribution in [0.4, 0.5) is 4.79 Å². The molecule has 0 bridgehead atoms. The van der Waals surface area contributed by atoms with Crippen molar-refractivity contribution >= 4 is 36.4 Å².